The van der Waals surface area contributed by atoms with Crippen molar-refractivity contribution in [3.8, 4) is 5.75 Å². The highest BCUT2D eigenvalue weighted by atomic mass is 32.1. The Morgan fingerprint density at radius 2 is 2.03 bits per heavy atom. The molecule has 0 aliphatic carbocycles. The molecular formula is C25H31N3O2S. The molecule has 0 spiro atoms. The highest BCUT2D eigenvalue weighted by Gasteiger charge is 2.27. The van der Waals surface area contributed by atoms with Crippen LogP contribution in [0.5, 0.6) is 5.75 Å². The number of thiazole rings is 1. The average Bonchev–Trinajstić information content (AvgIpc) is 3.17. The van der Waals surface area contributed by atoms with Crippen LogP contribution >= 0.6 is 11.3 Å². The third-order valence-corrected chi connectivity index (χ3v) is 6.71. The van der Waals surface area contributed by atoms with Crippen LogP contribution in [0.2, 0.25) is 0 Å². The molecule has 1 fully saturated rings. The lowest BCUT2D eigenvalue weighted by molar-refractivity contribution is -0.125. The maximum atomic E-state index is 12.9. The fourth-order valence-corrected chi connectivity index (χ4v) is 5.33. The van der Waals surface area contributed by atoms with Gasteiger partial charge in [-0.1, -0.05) is 29.5 Å². The molecule has 2 aromatic carbocycles. The van der Waals surface area contributed by atoms with Gasteiger partial charge in [0.25, 0.3) is 0 Å². The molecule has 0 saturated carbocycles. The fraction of sp³-hybridized carbons (Fsp3) is 0.440. The van der Waals surface area contributed by atoms with E-state index < -0.39 is 0 Å². The van der Waals surface area contributed by atoms with Gasteiger partial charge in [0, 0.05) is 19.6 Å². The number of carbonyl (C=O) groups excluding carboxylic acids is 1. The van der Waals surface area contributed by atoms with Crippen LogP contribution in [0.4, 0.5) is 5.13 Å². The number of piperidine rings is 1. The minimum absolute atomic E-state index is 0.00728. The number of hydrogen-bond acceptors (Lipinski definition) is 5. The lowest BCUT2D eigenvalue weighted by Gasteiger charge is -2.31. The van der Waals surface area contributed by atoms with Crippen molar-refractivity contribution >= 4 is 32.6 Å². The van der Waals surface area contributed by atoms with Crippen LogP contribution in [-0.2, 0) is 11.3 Å². The Labute approximate surface area is 188 Å². The monoisotopic (exact) mass is 437 g/mol. The van der Waals surface area contributed by atoms with Crippen molar-refractivity contribution in [1.82, 2.24) is 10.3 Å². The number of nitrogens with one attached hydrogen (secondary N) is 1. The van der Waals surface area contributed by atoms with Crippen molar-refractivity contribution in [3.05, 3.63) is 53.1 Å². The normalized spacial score (nSPS) is 16.7. The summed E-state index contributed by atoms with van der Waals surface area (Å²) in [6.45, 7) is 10.5. The maximum absolute atomic E-state index is 12.9. The zero-order valence-electron chi connectivity index (χ0n) is 18.8. The molecule has 31 heavy (non-hydrogen) atoms. The van der Waals surface area contributed by atoms with E-state index in [-0.39, 0.29) is 17.9 Å². The average molecular weight is 438 g/mol. The van der Waals surface area contributed by atoms with Gasteiger partial charge in [-0.3, -0.25) is 4.79 Å². The van der Waals surface area contributed by atoms with E-state index in [2.05, 4.69) is 36.2 Å². The van der Waals surface area contributed by atoms with E-state index in [0.29, 0.717) is 6.54 Å². The van der Waals surface area contributed by atoms with E-state index in [1.807, 2.05) is 38.1 Å². The smallest absolute Gasteiger partial charge is 0.225 e. The van der Waals surface area contributed by atoms with Crippen molar-refractivity contribution in [2.24, 2.45) is 5.92 Å². The van der Waals surface area contributed by atoms with Gasteiger partial charge >= 0.3 is 0 Å². The molecule has 1 aliphatic heterocycles. The Morgan fingerprint density at radius 1 is 1.26 bits per heavy atom. The maximum Gasteiger partial charge on any atom is 0.225 e. The van der Waals surface area contributed by atoms with Crippen molar-refractivity contribution in [3.63, 3.8) is 0 Å². The molecule has 164 valence electrons. The first-order chi connectivity index (χ1) is 14.9. The Morgan fingerprint density at radius 3 is 2.77 bits per heavy atom. The van der Waals surface area contributed by atoms with E-state index >= 15 is 0 Å². The number of hydrogen-bond donors (Lipinski definition) is 1. The van der Waals surface area contributed by atoms with Crippen LogP contribution in [0, 0.1) is 19.8 Å². The van der Waals surface area contributed by atoms with Crippen LogP contribution < -0.4 is 15.0 Å². The minimum Gasteiger partial charge on any atom is -0.491 e. The van der Waals surface area contributed by atoms with E-state index in [1.54, 1.807) is 11.3 Å². The van der Waals surface area contributed by atoms with Gasteiger partial charge in [0.2, 0.25) is 5.91 Å². The summed E-state index contributed by atoms with van der Waals surface area (Å²) in [6.07, 6.45) is 2.09. The summed E-state index contributed by atoms with van der Waals surface area (Å²) < 4.78 is 6.91. The van der Waals surface area contributed by atoms with Crippen LogP contribution in [-0.4, -0.2) is 30.1 Å². The lowest BCUT2D eigenvalue weighted by Crippen LogP contribution is -2.42. The summed E-state index contributed by atoms with van der Waals surface area (Å²) in [4.78, 5) is 20.0. The first-order valence-electron chi connectivity index (χ1n) is 11.0. The standard InChI is InChI=1S/C25H31N3O2S/c1-16(2)30-21-9-7-19(8-10-21)14-26-24(29)20-6-5-11-28(15-20)25-27-23-18(4)12-17(3)13-22(23)31-25/h7-10,12-13,16,20H,5-6,11,14-15H2,1-4H3,(H,26,29). The van der Waals surface area contributed by atoms with Gasteiger partial charge in [0.15, 0.2) is 5.13 Å². The summed E-state index contributed by atoms with van der Waals surface area (Å²) in [5.41, 5.74) is 4.64. The second-order valence-corrected chi connectivity index (χ2v) is 9.75. The number of ether oxygens (including phenoxy) is 1. The lowest BCUT2D eigenvalue weighted by atomic mass is 9.97. The van der Waals surface area contributed by atoms with E-state index in [9.17, 15) is 4.79 Å². The molecule has 1 unspecified atom stereocenters. The molecular weight excluding hydrogens is 406 g/mol. The van der Waals surface area contributed by atoms with Gasteiger partial charge in [-0.05, 0) is 75.4 Å². The van der Waals surface area contributed by atoms with E-state index in [0.717, 1.165) is 47.9 Å². The number of carbonyl (C=O) groups is 1. The second kappa shape index (κ2) is 9.27. The summed E-state index contributed by atoms with van der Waals surface area (Å²) in [6, 6.07) is 12.3. The van der Waals surface area contributed by atoms with Crippen molar-refractivity contribution in [2.45, 2.75) is 53.2 Å². The third-order valence-electron chi connectivity index (χ3n) is 5.64. The fourth-order valence-electron chi connectivity index (χ4n) is 4.15. The molecule has 1 saturated heterocycles. The topological polar surface area (TPSA) is 54.5 Å². The van der Waals surface area contributed by atoms with Crippen LogP contribution in [0.15, 0.2) is 36.4 Å². The second-order valence-electron chi connectivity index (χ2n) is 8.74. The number of nitrogens with zero attached hydrogens (tertiary/aromatic N) is 2. The largest absolute Gasteiger partial charge is 0.491 e. The SMILES string of the molecule is Cc1cc(C)c2nc(N3CCCC(C(=O)NCc4ccc(OC(C)C)cc4)C3)sc2c1. The molecule has 1 N–H and O–H groups in total. The molecule has 1 aromatic heterocycles. The van der Waals surface area contributed by atoms with Crippen LogP contribution in [0.3, 0.4) is 0 Å². The molecule has 2 heterocycles. The molecule has 0 radical (unpaired) electrons. The van der Waals surface area contributed by atoms with Crippen LogP contribution in [0.1, 0.15) is 43.4 Å². The Balaban J connectivity index is 1.37. The molecule has 6 heteroatoms. The molecule has 1 aliphatic rings. The number of rotatable bonds is 6. The number of aryl methyl sites for hydroxylation is 2. The molecule has 4 rings (SSSR count). The number of benzene rings is 2. The molecule has 0 bridgehead atoms. The number of amides is 1. The molecule has 1 amide bonds. The number of anilines is 1. The summed E-state index contributed by atoms with van der Waals surface area (Å²) >= 11 is 1.73. The molecule has 3 aromatic rings. The van der Waals surface area contributed by atoms with Gasteiger partial charge in [-0.25, -0.2) is 4.98 Å². The predicted molar refractivity (Wildman–Crippen MR) is 128 cm³/mol. The Hall–Kier alpha value is -2.60. The first kappa shape index (κ1) is 21.6. The predicted octanol–water partition coefficient (Wildman–Crippen LogP) is 5.23. The Kier molecular flexibility index (Phi) is 6.46. The highest BCUT2D eigenvalue weighted by Crippen LogP contribution is 2.33. The van der Waals surface area contributed by atoms with Gasteiger partial charge in [0.1, 0.15) is 5.75 Å². The van der Waals surface area contributed by atoms with Gasteiger partial charge < -0.3 is 15.0 Å². The molecule has 1 atom stereocenters. The van der Waals surface area contributed by atoms with E-state index in [4.69, 9.17) is 9.72 Å². The summed E-state index contributed by atoms with van der Waals surface area (Å²) in [7, 11) is 0. The molecule has 5 nitrogen and oxygen atoms in total. The summed E-state index contributed by atoms with van der Waals surface area (Å²) in [5.74, 6) is 0.974. The zero-order valence-corrected chi connectivity index (χ0v) is 19.6. The quantitative estimate of drug-likeness (QED) is 0.573. The number of aromatic nitrogens is 1. The Bertz CT molecular complexity index is 1060. The highest BCUT2D eigenvalue weighted by molar-refractivity contribution is 7.22. The van der Waals surface area contributed by atoms with Gasteiger partial charge in [0.05, 0.1) is 22.2 Å². The van der Waals surface area contributed by atoms with Crippen molar-refractivity contribution < 1.29 is 9.53 Å². The van der Waals surface area contributed by atoms with Crippen LogP contribution in [0.25, 0.3) is 10.2 Å². The minimum atomic E-state index is -0.00728. The van der Waals surface area contributed by atoms with Gasteiger partial charge in [-0.15, -0.1) is 0 Å². The third kappa shape index (κ3) is 5.18. The van der Waals surface area contributed by atoms with Crippen molar-refractivity contribution in [2.75, 3.05) is 18.0 Å². The summed E-state index contributed by atoms with van der Waals surface area (Å²) in [5, 5.41) is 4.15. The van der Waals surface area contributed by atoms with Gasteiger partial charge in [-0.2, -0.15) is 0 Å². The van der Waals surface area contributed by atoms with Crippen molar-refractivity contribution in [1.29, 1.82) is 0 Å². The van der Waals surface area contributed by atoms with E-state index in [1.165, 1.54) is 15.8 Å². The first-order valence-corrected chi connectivity index (χ1v) is 11.9. The number of fused-ring (bicyclic) bond motifs is 1. The zero-order chi connectivity index (χ0) is 22.0.